The standard InChI is InChI=1S/C15H30N2/c1-2-15-10-6-4-8-12-17(15)13-14-9-5-3-7-11-16-14/h14-16H,2-13H2,1H3. The summed E-state index contributed by atoms with van der Waals surface area (Å²) in [4.78, 5) is 2.79. The van der Waals surface area contributed by atoms with Gasteiger partial charge >= 0.3 is 0 Å². The van der Waals surface area contributed by atoms with Crippen LogP contribution in [0.4, 0.5) is 0 Å². The molecule has 0 aromatic heterocycles. The topological polar surface area (TPSA) is 15.3 Å². The second-order valence-corrected chi connectivity index (χ2v) is 5.91. The van der Waals surface area contributed by atoms with Gasteiger partial charge < -0.3 is 5.32 Å². The molecular weight excluding hydrogens is 208 g/mol. The summed E-state index contributed by atoms with van der Waals surface area (Å²) in [5.41, 5.74) is 0. The summed E-state index contributed by atoms with van der Waals surface area (Å²) >= 11 is 0. The van der Waals surface area contributed by atoms with E-state index in [-0.39, 0.29) is 0 Å². The van der Waals surface area contributed by atoms with Crippen molar-refractivity contribution in [1.29, 1.82) is 0 Å². The fraction of sp³-hybridized carbons (Fsp3) is 1.00. The minimum Gasteiger partial charge on any atom is -0.313 e. The van der Waals surface area contributed by atoms with E-state index in [0.717, 1.165) is 12.1 Å². The Morgan fingerprint density at radius 3 is 2.71 bits per heavy atom. The fourth-order valence-electron chi connectivity index (χ4n) is 3.48. The number of nitrogens with one attached hydrogen (secondary N) is 1. The van der Waals surface area contributed by atoms with Gasteiger partial charge in [0.25, 0.3) is 0 Å². The molecule has 100 valence electrons. The highest BCUT2D eigenvalue weighted by Gasteiger charge is 2.22. The Morgan fingerprint density at radius 2 is 1.82 bits per heavy atom. The second-order valence-electron chi connectivity index (χ2n) is 5.91. The van der Waals surface area contributed by atoms with Gasteiger partial charge in [0.1, 0.15) is 0 Å². The average Bonchev–Trinajstić information content (AvgIpc) is 2.72. The first-order valence-electron chi connectivity index (χ1n) is 7.87. The van der Waals surface area contributed by atoms with Gasteiger partial charge in [0.2, 0.25) is 0 Å². The lowest BCUT2D eigenvalue weighted by atomic mass is 10.1. The minimum atomic E-state index is 0.768. The molecule has 0 radical (unpaired) electrons. The molecule has 2 fully saturated rings. The van der Waals surface area contributed by atoms with Crippen LogP contribution in [0.3, 0.4) is 0 Å². The fourth-order valence-corrected chi connectivity index (χ4v) is 3.48. The highest BCUT2D eigenvalue weighted by molar-refractivity contribution is 4.80. The SMILES string of the molecule is CCC1CCCCCN1CC1CCCCCN1. The Morgan fingerprint density at radius 1 is 1.00 bits per heavy atom. The lowest BCUT2D eigenvalue weighted by Crippen LogP contribution is -2.45. The second kappa shape index (κ2) is 7.38. The molecule has 2 rings (SSSR count). The average molecular weight is 238 g/mol. The van der Waals surface area contributed by atoms with Gasteiger partial charge in [0, 0.05) is 18.6 Å². The minimum absolute atomic E-state index is 0.768. The van der Waals surface area contributed by atoms with Crippen LogP contribution in [0.25, 0.3) is 0 Å². The maximum absolute atomic E-state index is 3.75. The molecular formula is C15H30N2. The van der Waals surface area contributed by atoms with Gasteiger partial charge in [-0.15, -0.1) is 0 Å². The predicted molar refractivity (Wildman–Crippen MR) is 74.4 cm³/mol. The summed E-state index contributed by atoms with van der Waals surface area (Å²) in [6.45, 7) is 6.26. The number of rotatable bonds is 3. The Bertz CT molecular complexity index is 197. The molecule has 0 aromatic carbocycles. The molecule has 0 amide bonds. The van der Waals surface area contributed by atoms with Crippen LogP contribution in [0.5, 0.6) is 0 Å². The molecule has 2 nitrogen and oxygen atoms in total. The molecule has 2 aliphatic rings. The van der Waals surface area contributed by atoms with Crippen molar-refractivity contribution in [3.05, 3.63) is 0 Å². The normalized spacial score (nSPS) is 33.0. The zero-order valence-electron chi connectivity index (χ0n) is 11.6. The van der Waals surface area contributed by atoms with Crippen LogP contribution in [0.15, 0.2) is 0 Å². The van der Waals surface area contributed by atoms with Crippen LogP contribution in [-0.2, 0) is 0 Å². The molecule has 2 saturated heterocycles. The van der Waals surface area contributed by atoms with Crippen LogP contribution >= 0.6 is 0 Å². The Kier molecular flexibility index (Phi) is 5.79. The molecule has 1 N–H and O–H groups in total. The van der Waals surface area contributed by atoms with Crippen molar-refractivity contribution >= 4 is 0 Å². The molecule has 2 aliphatic heterocycles. The van der Waals surface area contributed by atoms with E-state index < -0.39 is 0 Å². The van der Waals surface area contributed by atoms with E-state index in [4.69, 9.17) is 0 Å². The van der Waals surface area contributed by atoms with Crippen molar-refractivity contribution in [2.24, 2.45) is 0 Å². The lowest BCUT2D eigenvalue weighted by Gasteiger charge is -2.32. The first kappa shape index (κ1) is 13.4. The quantitative estimate of drug-likeness (QED) is 0.812. The molecule has 0 bridgehead atoms. The summed E-state index contributed by atoms with van der Waals surface area (Å²) < 4.78 is 0. The Hall–Kier alpha value is -0.0800. The maximum Gasteiger partial charge on any atom is 0.0195 e. The first-order chi connectivity index (χ1) is 8.40. The summed E-state index contributed by atoms with van der Waals surface area (Å²) in [7, 11) is 0. The Balaban J connectivity index is 1.84. The van der Waals surface area contributed by atoms with Crippen LogP contribution in [0.1, 0.15) is 64.7 Å². The highest BCUT2D eigenvalue weighted by atomic mass is 15.2. The van der Waals surface area contributed by atoms with Crippen molar-refractivity contribution < 1.29 is 0 Å². The van der Waals surface area contributed by atoms with E-state index in [0.29, 0.717) is 0 Å². The van der Waals surface area contributed by atoms with E-state index in [9.17, 15) is 0 Å². The molecule has 0 aliphatic carbocycles. The molecule has 2 unspecified atom stereocenters. The lowest BCUT2D eigenvalue weighted by molar-refractivity contribution is 0.172. The van der Waals surface area contributed by atoms with Crippen LogP contribution < -0.4 is 5.32 Å². The first-order valence-corrected chi connectivity index (χ1v) is 7.87. The van der Waals surface area contributed by atoms with Gasteiger partial charge in [-0.25, -0.2) is 0 Å². The van der Waals surface area contributed by atoms with Crippen molar-refractivity contribution in [3.8, 4) is 0 Å². The maximum atomic E-state index is 3.75. The van der Waals surface area contributed by atoms with Gasteiger partial charge in [-0.05, 0) is 45.2 Å². The van der Waals surface area contributed by atoms with Gasteiger partial charge in [-0.1, -0.05) is 32.6 Å². The van der Waals surface area contributed by atoms with E-state index in [2.05, 4.69) is 17.1 Å². The summed E-state index contributed by atoms with van der Waals surface area (Å²) in [5, 5.41) is 3.75. The summed E-state index contributed by atoms with van der Waals surface area (Å²) in [6.07, 6.45) is 12.7. The number of likely N-dealkylation sites (tertiary alicyclic amines) is 1. The smallest absolute Gasteiger partial charge is 0.0195 e. The predicted octanol–water partition coefficient (Wildman–Crippen LogP) is 3.17. The highest BCUT2D eigenvalue weighted by Crippen LogP contribution is 2.20. The Labute approximate surface area is 107 Å². The van der Waals surface area contributed by atoms with Gasteiger partial charge in [0.15, 0.2) is 0 Å². The van der Waals surface area contributed by atoms with E-state index >= 15 is 0 Å². The van der Waals surface area contributed by atoms with Gasteiger partial charge in [-0.3, -0.25) is 4.90 Å². The molecule has 0 saturated carbocycles. The molecule has 2 heteroatoms. The third kappa shape index (κ3) is 4.26. The van der Waals surface area contributed by atoms with Gasteiger partial charge in [0.05, 0.1) is 0 Å². The van der Waals surface area contributed by atoms with Crippen molar-refractivity contribution in [2.75, 3.05) is 19.6 Å². The molecule has 2 atom stereocenters. The summed E-state index contributed by atoms with van der Waals surface area (Å²) in [5.74, 6) is 0. The van der Waals surface area contributed by atoms with Crippen LogP contribution in [0, 0.1) is 0 Å². The molecule has 17 heavy (non-hydrogen) atoms. The largest absolute Gasteiger partial charge is 0.313 e. The third-order valence-electron chi connectivity index (χ3n) is 4.59. The van der Waals surface area contributed by atoms with Crippen molar-refractivity contribution in [2.45, 2.75) is 76.8 Å². The number of nitrogens with zero attached hydrogens (tertiary/aromatic N) is 1. The summed E-state index contributed by atoms with van der Waals surface area (Å²) in [6, 6.07) is 1.63. The third-order valence-corrected chi connectivity index (χ3v) is 4.59. The number of hydrogen-bond acceptors (Lipinski definition) is 2. The van der Waals surface area contributed by atoms with E-state index in [1.54, 1.807) is 0 Å². The van der Waals surface area contributed by atoms with Crippen molar-refractivity contribution in [1.82, 2.24) is 10.2 Å². The molecule has 0 aromatic rings. The monoisotopic (exact) mass is 238 g/mol. The molecule has 0 spiro atoms. The van der Waals surface area contributed by atoms with Crippen LogP contribution in [0.2, 0.25) is 0 Å². The van der Waals surface area contributed by atoms with Crippen molar-refractivity contribution in [3.63, 3.8) is 0 Å². The van der Waals surface area contributed by atoms with Gasteiger partial charge in [-0.2, -0.15) is 0 Å². The number of hydrogen-bond donors (Lipinski definition) is 1. The van der Waals surface area contributed by atoms with Crippen LogP contribution in [-0.4, -0.2) is 36.6 Å². The van der Waals surface area contributed by atoms with E-state index in [1.165, 1.54) is 77.4 Å². The zero-order valence-corrected chi connectivity index (χ0v) is 11.6. The zero-order chi connectivity index (χ0) is 11.9. The molecule has 2 heterocycles. The van der Waals surface area contributed by atoms with E-state index in [1.807, 2.05) is 0 Å².